The summed E-state index contributed by atoms with van der Waals surface area (Å²) >= 11 is 12.4. The van der Waals surface area contributed by atoms with Gasteiger partial charge in [0.25, 0.3) is 0 Å². The molecule has 0 spiro atoms. The topological polar surface area (TPSA) is 71.4 Å². The van der Waals surface area contributed by atoms with Crippen LogP contribution in [0.4, 0.5) is 11.4 Å². The zero-order valence-corrected chi connectivity index (χ0v) is 21.2. The molecule has 3 aromatic rings. The number of benzene rings is 1. The Balaban J connectivity index is 1.78. The molecule has 0 unspecified atom stereocenters. The van der Waals surface area contributed by atoms with Gasteiger partial charge in [-0.3, -0.25) is 9.78 Å². The highest BCUT2D eigenvalue weighted by atomic mass is 35.5. The number of thiocarbonyl (C=S) groups is 1. The molecule has 0 radical (unpaired) electrons. The van der Waals surface area contributed by atoms with Crippen LogP contribution < -0.4 is 15.5 Å². The number of aryl methyl sites for hydroxylation is 1. The number of aromatic nitrogens is 2. The highest BCUT2D eigenvalue weighted by Crippen LogP contribution is 2.44. The van der Waals surface area contributed by atoms with Crippen LogP contribution in [0.3, 0.4) is 0 Å². The van der Waals surface area contributed by atoms with E-state index < -0.39 is 0 Å². The number of amides is 1. The smallest absolute Gasteiger partial charge is 0.250 e. The number of hydrogen-bond donors (Lipinski definition) is 2. The maximum Gasteiger partial charge on any atom is 0.250 e. The Morgan fingerprint density at radius 3 is 2.68 bits per heavy atom. The summed E-state index contributed by atoms with van der Waals surface area (Å²) in [7, 11) is 1.47. The summed E-state index contributed by atoms with van der Waals surface area (Å²) in [6.45, 7) is 7.25. The normalized spacial score (nSPS) is 17.7. The van der Waals surface area contributed by atoms with Gasteiger partial charge >= 0.3 is 0 Å². The van der Waals surface area contributed by atoms with Gasteiger partial charge < -0.3 is 24.8 Å². The highest BCUT2D eigenvalue weighted by molar-refractivity contribution is 7.80. The molecule has 7 nitrogen and oxygen atoms in total. The van der Waals surface area contributed by atoms with Gasteiger partial charge in [-0.2, -0.15) is 0 Å². The Morgan fingerprint density at radius 1 is 1.26 bits per heavy atom. The van der Waals surface area contributed by atoms with Gasteiger partial charge in [0.15, 0.2) is 5.11 Å². The van der Waals surface area contributed by atoms with Crippen molar-refractivity contribution < 1.29 is 9.53 Å². The average Bonchev–Trinajstić information content (AvgIpc) is 3.30. The molecule has 1 aliphatic rings. The first-order valence-electron chi connectivity index (χ1n) is 11.1. The molecule has 1 aromatic carbocycles. The molecule has 1 saturated heterocycles. The number of anilines is 2. The van der Waals surface area contributed by atoms with Crippen LogP contribution in [0.25, 0.3) is 0 Å². The third-order valence-corrected chi connectivity index (χ3v) is 6.75. The fourth-order valence-corrected chi connectivity index (χ4v) is 5.20. The van der Waals surface area contributed by atoms with E-state index in [9.17, 15) is 4.79 Å². The number of hydrogen-bond acceptors (Lipinski definition) is 4. The number of halogens is 1. The Bertz CT molecular complexity index is 1210. The van der Waals surface area contributed by atoms with Gasteiger partial charge in [0.1, 0.15) is 6.61 Å². The Hall–Kier alpha value is -2.94. The van der Waals surface area contributed by atoms with Crippen molar-refractivity contribution in [3.8, 4) is 0 Å². The van der Waals surface area contributed by atoms with Gasteiger partial charge in [-0.05, 0) is 75.0 Å². The van der Waals surface area contributed by atoms with E-state index in [1.807, 2.05) is 30.3 Å². The zero-order chi connectivity index (χ0) is 24.4. The Kier molecular flexibility index (Phi) is 7.21. The van der Waals surface area contributed by atoms with Gasteiger partial charge in [0, 0.05) is 36.9 Å². The maximum atomic E-state index is 11.9. The van der Waals surface area contributed by atoms with E-state index in [0.29, 0.717) is 15.8 Å². The molecule has 1 aliphatic heterocycles. The van der Waals surface area contributed by atoms with Crippen LogP contribution in [-0.2, 0) is 16.1 Å². The zero-order valence-electron chi connectivity index (χ0n) is 19.6. The summed E-state index contributed by atoms with van der Waals surface area (Å²) in [4.78, 5) is 18.7. The fourth-order valence-electron chi connectivity index (χ4n) is 4.64. The molecule has 0 bridgehead atoms. The van der Waals surface area contributed by atoms with Gasteiger partial charge in [0.2, 0.25) is 5.91 Å². The lowest BCUT2D eigenvalue weighted by atomic mass is 9.96. The second-order valence-electron chi connectivity index (χ2n) is 8.21. The van der Waals surface area contributed by atoms with E-state index in [1.165, 1.54) is 24.1 Å². The predicted octanol–water partition coefficient (Wildman–Crippen LogP) is 4.94. The first-order valence-corrected chi connectivity index (χ1v) is 11.9. The van der Waals surface area contributed by atoms with E-state index in [1.54, 1.807) is 12.3 Å². The number of ether oxygens (including phenoxy) is 1. The molecular formula is C25H28ClN5O2S. The van der Waals surface area contributed by atoms with E-state index in [-0.39, 0.29) is 24.6 Å². The molecule has 3 heterocycles. The molecule has 1 amide bonds. The largest absolute Gasteiger partial charge is 0.375 e. The minimum Gasteiger partial charge on any atom is -0.375 e. The lowest BCUT2D eigenvalue weighted by Gasteiger charge is -2.28. The van der Waals surface area contributed by atoms with Crippen LogP contribution in [0.1, 0.15) is 41.7 Å². The van der Waals surface area contributed by atoms with Crippen LogP contribution in [-0.4, -0.2) is 34.3 Å². The number of rotatable bonds is 7. The lowest BCUT2D eigenvalue weighted by molar-refractivity contribution is -0.119. The standard InChI is InChI=1S/C25H28ClN5O2S/c1-5-30-15(2)12-18(16(30)3)24-23(21-8-6-7-11-27-21)29-25(34)31(24)17-9-10-20(19(26)13-17)28-22(32)14-33-4/h6-13,23-24H,5,14H2,1-4H3,(H,28,32)(H,29,34)/t23-,24-/m1/s1. The van der Waals surface area contributed by atoms with Crippen LogP contribution in [0, 0.1) is 13.8 Å². The van der Waals surface area contributed by atoms with Crippen molar-refractivity contribution in [2.75, 3.05) is 23.9 Å². The highest BCUT2D eigenvalue weighted by Gasteiger charge is 2.42. The van der Waals surface area contributed by atoms with Gasteiger partial charge in [-0.15, -0.1) is 0 Å². The number of nitrogens with one attached hydrogen (secondary N) is 2. The molecule has 4 rings (SSSR count). The lowest BCUT2D eigenvalue weighted by Crippen LogP contribution is -2.29. The van der Waals surface area contributed by atoms with Crippen LogP contribution in [0.5, 0.6) is 0 Å². The molecule has 2 N–H and O–H groups in total. The van der Waals surface area contributed by atoms with E-state index >= 15 is 0 Å². The van der Waals surface area contributed by atoms with E-state index in [4.69, 9.17) is 28.6 Å². The number of nitrogens with zero attached hydrogens (tertiary/aromatic N) is 3. The third-order valence-electron chi connectivity index (χ3n) is 6.13. The number of pyridine rings is 1. The van der Waals surface area contributed by atoms with Crippen molar-refractivity contribution in [1.29, 1.82) is 0 Å². The summed E-state index contributed by atoms with van der Waals surface area (Å²) in [5.41, 5.74) is 5.83. The summed E-state index contributed by atoms with van der Waals surface area (Å²) in [5.74, 6) is -0.268. The molecule has 178 valence electrons. The molecule has 0 aliphatic carbocycles. The quantitative estimate of drug-likeness (QED) is 0.451. The SMILES string of the molecule is CCn1c(C)cc([C@@H]2[C@@H](c3ccccn3)NC(=S)N2c2ccc(NC(=O)COC)c(Cl)c2)c1C. The van der Waals surface area contributed by atoms with Gasteiger partial charge in [-0.25, -0.2) is 0 Å². The van der Waals surface area contributed by atoms with Crippen molar-refractivity contribution in [3.05, 3.63) is 76.3 Å². The van der Waals surface area contributed by atoms with Crippen LogP contribution >= 0.6 is 23.8 Å². The van der Waals surface area contributed by atoms with Crippen molar-refractivity contribution in [1.82, 2.24) is 14.9 Å². The summed E-state index contributed by atoms with van der Waals surface area (Å²) in [6, 6.07) is 13.4. The fraction of sp³-hybridized carbons (Fsp3) is 0.320. The summed E-state index contributed by atoms with van der Waals surface area (Å²) in [6.07, 6.45) is 1.80. The summed E-state index contributed by atoms with van der Waals surface area (Å²) < 4.78 is 7.18. The van der Waals surface area contributed by atoms with Crippen molar-refractivity contribution in [2.45, 2.75) is 39.4 Å². The minimum atomic E-state index is -0.268. The van der Waals surface area contributed by atoms with E-state index in [0.717, 1.165) is 17.9 Å². The van der Waals surface area contributed by atoms with Crippen molar-refractivity contribution in [2.24, 2.45) is 0 Å². The average molecular weight is 498 g/mol. The molecule has 2 atom stereocenters. The molecule has 2 aromatic heterocycles. The first kappa shape index (κ1) is 24.2. The Labute approximate surface area is 210 Å². The summed E-state index contributed by atoms with van der Waals surface area (Å²) in [5, 5.41) is 7.26. The predicted molar refractivity (Wildman–Crippen MR) is 139 cm³/mol. The maximum absolute atomic E-state index is 11.9. The van der Waals surface area contributed by atoms with E-state index in [2.05, 4.69) is 51.9 Å². The molecule has 0 saturated carbocycles. The van der Waals surface area contributed by atoms with Crippen molar-refractivity contribution >= 4 is 46.2 Å². The Morgan fingerprint density at radius 2 is 2.06 bits per heavy atom. The first-order chi connectivity index (χ1) is 16.3. The molecular weight excluding hydrogens is 470 g/mol. The number of methoxy groups -OCH3 is 1. The second kappa shape index (κ2) is 10.1. The minimum absolute atomic E-state index is 0.0426. The van der Waals surface area contributed by atoms with Crippen LogP contribution in [0.15, 0.2) is 48.7 Å². The van der Waals surface area contributed by atoms with Crippen LogP contribution in [0.2, 0.25) is 5.02 Å². The van der Waals surface area contributed by atoms with Gasteiger partial charge in [0.05, 0.1) is 28.5 Å². The second-order valence-corrected chi connectivity index (χ2v) is 9.01. The third kappa shape index (κ3) is 4.53. The van der Waals surface area contributed by atoms with Gasteiger partial charge in [-0.1, -0.05) is 17.7 Å². The monoisotopic (exact) mass is 497 g/mol. The van der Waals surface area contributed by atoms with Crippen molar-refractivity contribution in [3.63, 3.8) is 0 Å². The number of carbonyl (C=O) groups excluding carboxylic acids is 1. The molecule has 1 fully saturated rings. The number of carbonyl (C=O) groups is 1. The molecule has 9 heteroatoms. The molecule has 34 heavy (non-hydrogen) atoms.